The molecule has 0 unspecified atom stereocenters. The first-order chi connectivity index (χ1) is 30.7. The fourth-order valence-corrected chi connectivity index (χ4v) is 10.5. The second kappa shape index (κ2) is 13.1. The molecule has 6 nitrogen and oxygen atoms in total. The molecule has 13 aromatic rings. The number of para-hydroxylation sites is 7. The summed E-state index contributed by atoms with van der Waals surface area (Å²) in [6.45, 7) is 0. The molecule has 6 heteroatoms. The molecular weight excluding hydrogens is 757 g/mol. The minimum atomic E-state index is 1.05. The first-order valence-electron chi connectivity index (χ1n) is 21.3. The van der Waals surface area contributed by atoms with E-state index in [1.807, 2.05) is 7.05 Å². The van der Waals surface area contributed by atoms with Crippen LogP contribution in [0.4, 0.5) is 11.4 Å². The maximum Gasteiger partial charge on any atom is 0.0958 e. The van der Waals surface area contributed by atoms with Crippen molar-refractivity contribution in [1.82, 2.24) is 18.4 Å². The normalized spacial score (nSPS) is 12.0. The molecule has 0 spiro atoms. The van der Waals surface area contributed by atoms with Crippen LogP contribution in [0, 0.1) is 0 Å². The van der Waals surface area contributed by atoms with Gasteiger partial charge < -0.3 is 19.0 Å². The van der Waals surface area contributed by atoms with Crippen molar-refractivity contribution in [1.29, 1.82) is 0 Å². The molecule has 0 radical (unpaired) electrons. The van der Waals surface area contributed by atoms with Gasteiger partial charge >= 0.3 is 0 Å². The van der Waals surface area contributed by atoms with Crippen molar-refractivity contribution in [3.8, 4) is 17.1 Å². The van der Waals surface area contributed by atoms with Crippen molar-refractivity contribution in [3.63, 3.8) is 0 Å². The highest BCUT2D eigenvalue weighted by Gasteiger charge is 2.25. The van der Waals surface area contributed by atoms with Gasteiger partial charge in [0, 0.05) is 74.2 Å². The average Bonchev–Trinajstić information content (AvgIpc) is 4.06. The van der Waals surface area contributed by atoms with E-state index in [0.717, 1.165) is 50.5 Å². The lowest BCUT2D eigenvalue weighted by molar-refractivity contribution is 0.839. The minimum absolute atomic E-state index is 1.05. The van der Waals surface area contributed by atoms with Gasteiger partial charge in [-0.15, -0.1) is 0 Å². The third-order valence-electron chi connectivity index (χ3n) is 13.1. The SMILES string of the molecule is CNc1ccccc1N(C)n1c2ccc(-n3c4ccccc4c4ccccc43)cc2c2ccc3c4cc(-n5c6ccccc6c6ccccc65)ccc4n(-c4ccccc4)c3c21. The smallest absolute Gasteiger partial charge is 0.0958 e. The van der Waals surface area contributed by atoms with E-state index in [1.165, 1.54) is 65.2 Å². The molecule has 0 aliphatic heterocycles. The average molecular weight is 797 g/mol. The van der Waals surface area contributed by atoms with Crippen molar-refractivity contribution >= 4 is 98.6 Å². The van der Waals surface area contributed by atoms with E-state index < -0.39 is 0 Å². The molecule has 0 saturated heterocycles. The third-order valence-corrected chi connectivity index (χ3v) is 13.1. The van der Waals surface area contributed by atoms with Gasteiger partial charge in [0.05, 0.1) is 55.5 Å². The molecule has 0 aliphatic carbocycles. The van der Waals surface area contributed by atoms with Crippen molar-refractivity contribution in [2.24, 2.45) is 0 Å². The molecule has 4 heterocycles. The largest absolute Gasteiger partial charge is 0.386 e. The Morgan fingerprint density at radius 3 is 1.32 bits per heavy atom. The Balaban J connectivity index is 1.17. The molecular formula is C56H40N6. The molecule has 1 N–H and O–H groups in total. The summed E-state index contributed by atoms with van der Waals surface area (Å²) in [5, 5.41) is 15.6. The van der Waals surface area contributed by atoms with Crippen LogP contribution in [0.5, 0.6) is 0 Å². The second-order valence-electron chi connectivity index (χ2n) is 16.3. The van der Waals surface area contributed by atoms with E-state index in [9.17, 15) is 0 Å². The summed E-state index contributed by atoms with van der Waals surface area (Å²) in [5.74, 6) is 0. The maximum atomic E-state index is 3.47. The Bertz CT molecular complexity index is 3830. The van der Waals surface area contributed by atoms with E-state index in [4.69, 9.17) is 0 Å². The standard InChI is InChI=1S/C56H40N6/c1-57-47-22-10-15-27-54(47)58(2)62-53-33-29-38(60-50-25-13-8-20-41(50)42-21-9-14-26-51(42)60)35-46(53)44-31-30-43-45-34-37(59-48-23-11-6-18-39(48)40-19-7-12-24-49(40)59)28-32-52(45)61(55(43)56(44)62)36-16-4-3-5-17-36/h3-35,57H,1-2H3. The summed E-state index contributed by atoms with van der Waals surface area (Å²) in [6.07, 6.45) is 0. The Kier molecular flexibility index (Phi) is 7.34. The Hall–Kier alpha value is -8.22. The molecule has 62 heavy (non-hydrogen) atoms. The van der Waals surface area contributed by atoms with Gasteiger partial charge in [0.1, 0.15) is 0 Å². The quantitative estimate of drug-likeness (QED) is 0.182. The predicted octanol–water partition coefficient (Wildman–Crippen LogP) is 14.0. The van der Waals surface area contributed by atoms with Crippen LogP contribution in [-0.4, -0.2) is 32.5 Å². The molecule has 0 aliphatic rings. The molecule has 4 aromatic heterocycles. The summed E-state index contributed by atoms with van der Waals surface area (Å²) >= 11 is 0. The van der Waals surface area contributed by atoms with E-state index >= 15 is 0 Å². The Labute approximate surface area is 357 Å². The van der Waals surface area contributed by atoms with Crippen LogP contribution in [0.15, 0.2) is 200 Å². The number of hydrogen-bond acceptors (Lipinski definition) is 2. The molecule has 0 saturated carbocycles. The van der Waals surface area contributed by atoms with Crippen LogP contribution in [0.25, 0.3) is 104 Å². The lowest BCUT2D eigenvalue weighted by Gasteiger charge is -2.26. The van der Waals surface area contributed by atoms with Crippen LogP contribution in [0.2, 0.25) is 0 Å². The summed E-state index contributed by atoms with van der Waals surface area (Å²) < 4.78 is 9.75. The number of anilines is 2. The zero-order valence-electron chi connectivity index (χ0n) is 34.3. The van der Waals surface area contributed by atoms with Crippen molar-refractivity contribution in [2.75, 3.05) is 24.4 Å². The predicted molar refractivity (Wildman–Crippen MR) is 262 cm³/mol. The first kappa shape index (κ1) is 34.6. The number of hydrogen-bond donors (Lipinski definition) is 1. The van der Waals surface area contributed by atoms with Gasteiger partial charge in [0.15, 0.2) is 0 Å². The zero-order valence-corrected chi connectivity index (χ0v) is 34.3. The number of aromatic nitrogens is 4. The van der Waals surface area contributed by atoms with E-state index in [-0.39, 0.29) is 0 Å². The van der Waals surface area contributed by atoms with Gasteiger partial charge in [-0.25, -0.2) is 0 Å². The molecule has 13 rings (SSSR count). The first-order valence-corrected chi connectivity index (χ1v) is 21.3. The lowest BCUT2D eigenvalue weighted by Crippen LogP contribution is -2.25. The highest BCUT2D eigenvalue weighted by atomic mass is 15.5. The number of fused-ring (bicyclic) bond motifs is 13. The fourth-order valence-electron chi connectivity index (χ4n) is 10.5. The number of nitrogens with zero attached hydrogens (tertiary/aromatic N) is 5. The zero-order chi connectivity index (χ0) is 41.1. The summed E-state index contributed by atoms with van der Waals surface area (Å²) in [4.78, 5) is 0. The van der Waals surface area contributed by atoms with Crippen molar-refractivity contribution in [2.45, 2.75) is 0 Å². The van der Waals surface area contributed by atoms with Crippen LogP contribution in [0.1, 0.15) is 0 Å². The molecule has 294 valence electrons. The van der Waals surface area contributed by atoms with E-state index in [2.05, 4.69) is 236 Å². The Morgan fingerprint density at radius 2 is 0.774 bits per heavy atom. The van der Waals surface area contributed by atoms with Crippen LogP contribution < -0.4 is 10.3 Å². The minimum Gasteiger partial charge on any atom is -0.386 e. The second-order valence-corrected chi connectivity index (χ2v) is 16.3. The number of benzene rings is 9. The van der Waals surface area contributed by atoms with Crippen LogP contribution in [-0.2, 0) is 0 Å². The topological polar surface area (TPSA) is 35.0 Å². The molecule has 0 bridgehead atoms. The molecule has 0 amide bonds. The number of rotatable bonds is 6. The van der Waals surface area contributed by atoms with Gasteiger partial charge in [-0.05, 0) is 84.9 Å². The molecule has 0 fully saturated rings. The maximum absolute atomic E-state index is 3.47. The van der Waals surface area contributed by atoms with Crippen molar-refractivity contribution in [3.05, 3.63) is 200 Å². The summed E-state index contributed by atoms with van der Waals surface area (Å²) in [7, 11) is 4.18. The van der Waals surface area contributed by atoms with Crippen LogP contribution in [0.3, 0.4) is 0 Å². The van der Waals surface area contributed by atoms with Gasteiger partial charge in [-0.2, -0.15) is 0 Å². The fraction of sp³-hybridized carbons (Fsp3) is 0.0357. The highest BCUT2D eigenvalue weighted by molar-refractivity contribution is 6.24. The molecule has 9 aromatic carbocycles. The van der Waals surface area contributed by atoms with Gasteiger partial charge in [-0.3, -0.25) is 9.69 Å². The lowest BCUT2D eigenvalue weighted by atomic mass is 10.1. The van der Waals surface area contributed by atoms with Gasteiger partial charge in [0.2, 0.25) is 0 Å². The van der Waals surface area contributed by atoms with E-state index in [0.29, 0.717) is 0 Å². The van der Waals surface area contributed by atoms with E-state index in [1.54, 1.807) is 0 Å². The number of nitrogens with one attached hydrogen (secondary N) is 1. The monoisotopic (exact) mass is 796 g/mol. The summed E-state index contributed by atoms with van der Waals surface area (Å²) in [6, 6.07) is 73.1. The highest BCUT2D eigenvalue weighted by Crippen LogP contribution is 2.44. The van der Waals surface area contributed by atoms with Gasteiger partial charge in [-0.1, -0.05) is 115 Å². The third kappa shape index (κ3) is 4.74. The van der Waals surface area contributed by atoms with Crippen LogP contribution >= 0.6 is 0 Å². The van der Waals surface area contributed by atoms with Crippen molar-refractivity contribution < 1.29 is 0 Å². The van der Waals surface area contributed by atoms with Gasteiger partial charge in [0.25, 0.3) is 0 Å². The Morgan fingerprint density at radius 1 is 0.339 bits per heavy atom. The summed E-state index contributed by atoms with van der Waals surface area (Å²) in [5.41, 5.74) is 14.9. The molecule has 0 atom stereocenters.